The number of benzene rings is 2. The lowest BCUT2D eigenvalue weighted by Crippen LogP contribution is -2.13. The molecular weight excluding hydrogens is 450 g/mol. The minimum Gasteiger partial charge on any atom is -0.494 e. The topological polar surface area (TPSA) is 35.2 Å². The summed E-state index contributed by atoms with van der Waals surface area (Å²) >= 11 is 10.5. The second-order valence-electron chi connectivity index (χ2n) is 4.30. The van der Waals surface area contributed by atoms with Crippen LogP contribution in [0.5, 0.6) is 5.75 Å². The van der Waals surface area contributed by atoms with Crippen LogP contribution < -0.4 is 10.5 Å². The van der Waals surface area contributed by atoms with Gasteiger partial charge in [-0.1, -0.05) is 47.8 Å². The highest BCUT2D eigenvalue weighted by Crippen LogP contribution is 2.33. The normalized spacial score (nSPS) is 12.2. The van der Waals surface area contributed by atoms with E-state index in [-0.39, 0.29) is 6.04 Å². The molecule has 1 atom stereocenters. The van der Waals surface area contributed by atoms with Crippen LogP contribution in [0, 0.1) is 0 Å². The maximum Gasteiger partial charge on any atom is 0.124 e. The van der Waals surface area contributed by atoms with E-state index in [4.69, 9.17) is 10.5 Å². The Bertz CT molecular complexity index is 596. The number of ether oxygens (including phenoxy) is 1. The maximum absolute atomic E-state index is 6.41. The molecule has 0 radical (unpaired) electrons. The highest BCUT2D eigenvalue weighted by atomic mass is 79.9. The molecule has 2 nitrogen and oxygen atoms in total. The van der Waals surface area contributed by atoms with E-state index in [2.05, 4.69) is 47.8 Å². The first kappa shape index (κ1) is 16.0. The largest absolute Gasteiger partial charge is 0.494 e. The number of hydrogen-bond acceptors (Lipinski definition) is 2. The second-order valence-corrected chi connectivity index (χ2v) is 7.04. The Labute approximate surface area is 144 Å². The van der Waals surface area contributed by atoms with Gasteiger partial charge in [-0.25, -0.2) is 0 Å². The Hall–Kier alpha value is -0.360. The molecule has 0 bridgehead atoms. The molecular formula is C15H14Br3NO. The Balaban J connectivity index is 2.46. The van der Waals surface area contributed by atoms with Gasteiger partial charge in [-0.2, -0.15) is 0 Å². The molecule has 0 spiro atoms. The van der Waals surface area contributed by atoms with E-state index in [9.17, 15) is 0 Å². The van der Waals surface area contributed by atoms with Crippen LogP contribution >= 0.6 is 47.8 Å². The van der Waals surface area contributed by atoms with Crippen molar-refractivity contribution >= 4 is 47.8 Å². The Morgan fingerprint density at radius 2 is 1.65 bits per heavy atom. The van der Waals surface area contributed by atoms with Crippen LogP contribution in [0.1, 0.15) is 24.1 Å². The van der Waals surface area contributed by atoms with Crippen molar-refractivity contribution in [2.75, 3.05) is 6.61 Å². The van der Waals surface area contributed by atoms with Crippen LogP contribution in [0.4, 0.5) is 0 Å². The lowest BCUT2D eigenvalue weighted by molar-refractivity contribution is 0.335. The first-order valence-electron chi connectivity index (χ1n) is 6.15. The van der Waals surface area contributed by atoms with Gasteiger partial charge in [-0.05, 0) is 48.9 Å². The van der Waals surface area contributed by atoms with Crippen molar-refractivity contribution in [1.82, 2.24) is 0 Å². The number of hydrogen-bond donors (Lipinski definition) is 1. The number of halogens is 3. The molecule has 2 rings (SSSR count). The number of nitrogens with two attached hydrogens (primary N) is 1. The summed E-state index contributed by atoms with van der Waals surface area (Å²) in [5, 5.41) is 0. The van der Waals surface area contributed by atoms with Crippen molar-refractivity contribution in [2.45, 2.75) is 13.0 Å². The van der Waals surface area contributed by atoms with Crippen molar-refractivity contribution in [3.8, 4) is 5.75 Å². The summed E-state index contributed by atoms with van der Waals surface area (Å²) in [7, 11) is 0. The molecule has 0 heterocycles. The lowest BCUT2D eigenvalue weighted by Gasteiger charge is -2.18. The van der Waals surface area contributed by atoms with Crippen molar-refractivity contribution in [2.24, 2.45) is 5.73 Å². The Kier molecular flexibility index (Phi) is 5.66. The zero-order valence-electron chi connectivity index (χ0n) is 10.9. The quantitative estimate of drug-likeness (QED) is 0.657. The van der Waals surface area contributed by atoms with Gasteiger partial charge in [0.2, 0.25) is 0 Å². The molecule has 0 saturated heterocycles. The van der Waals surface area contributed by atoms with Crippen molar-refractivity contribution in [3.63, 3.8) is 0 Å². The second kappa shape index (κ2) is 7.07. The summed E-state index contributed by atoms with van der Waals surface area (Å²) in [6.45, 7) is 2.58. The summed E-state index contributed by atoms with van der Waals surface area (Å²) < 4.78 is 8.64. The molecule has 0 aliphatic heterocycles. The summed E-state index contributed by atoms with van der Waals surface area (Å²) in [6.07, 6.45) is 0. The summed E-state index contributed by atoms with van der Waals surface area (Å²) in [5.41, 5.74) is 8.39. The Morgan fingerprint density at radius 1 is 1.00 bits per heavy atom. The molecule has 0 saturated carbocycles. The molecule has 2 N–H and O–H groups in total. The molecule has 0 fully saturated rings. The zero-order valence-corrected chi connectivity index (χ0v) is 15.6. The molecule has 2 aromatic rings. The summed E-state index contributed by atoms with van der Waals surface area (Å²) in [5.74, 6) is 0.819. The third-order valence-corrected chi connectivity index (χ3v) is 4.26. The van der Waals surface area contributed by atoms with Crippen molar-refractivity contribution in [3.05, 3.63) is 60.9 Å². The van der Waals surface area contributed by atoms with Gasteiger partial charge in [0.05, 0.1) is 12.6 Å². The van der Waals surface area contributed by atoms with Crippen LogP contribution in [0.2, 0.25) is 0 Å². The fourth-order valence-electron chi connectivity index (χ4n) is 1.98. The molecule has 0 amide bonds. The van der Waals surface area contributed by atoms with Crippen LogP contribution in [-0.2, 0) is 0 Å². The van der Waals surface area contributed by atoms with Crippen LogP contribution in [0.15, 0.2) is 49.8 Å². The standard InChI is InChI=1S/C15H14Br3NO/c1-2-20-14-4-3-10(16)8-13(14)15(19)9-5-11(17)7-12(18)6-9/h3-8,15H,2,19H2,1H3. The van der Waals surface area contributed by atoms with Crippen LogP contribution in [-0.4, -0.2) is 6.61 Å². The molecule has 106 valence electrons. The van der Waals surface area contributed by atoms with Crippen molar-refractivity contribution in [1.29, 1.82) is 0 Å². The minimum atomic E-state index is -0.247. The minimum absolute atomic E-state index is 0.247. The van der Waals surface area contributed by atoms with E-state index >= 15 is 0 Å². The van der Waals surface area contributed by atoms with E-state index in [0.29, 0.717) is 6.61 Å². The van der Waals surface area contributed by atoms with Crippen molar-refractivity contribution < 1.29 is 4.74 Å². The van der Waals surface area contributed by atoms with E-state index < -0.39 is 0 Å². The van der Waals surface area contributed by atoms with Crippen LogP contribution in [0.25, 0.3) is 0 Å². The van der Waals surface area contributed by atoms with Crippen LogP contribution in [0.3, 0.4) is 0 Å². The van der Waals surface area contributed by atoms with Gasteiger partial charge in [0.15, 0.2) is 0 Å². The fourth-order valence-corrected chi connectivity index (χ4v) is 3.69. The molecule has 2 aromatic carbocycles. The molecule has 20 heavy (non-hydrogen) atoms. The molecule has 0 aliphatic carbocycles. The first-order valence-corrected chi connectivity index (χ1v) is 8.53. The fraction of sp³-hybridized carbons (Fsp3) is 0.200. The third kappa shape index (κ3) is 3.85. The summed E-state index contributed by atoms with van der Waals surface area (Å²) in [4.78, 5) is 0. The van der Waals surface area contributed by atoms with E-state index in [1.165, 1.54) is 0 Å². The molecule has 5 heteroatoms. The third-order valence-electron chi connectivity index (χ3n) is 2.85. The highest BCUT2D eigenvalue weighted by Gasteiger charge is 2.16. The van der Waals surface area contributed by atoms with Gasteiger partial charge in [0, 0.05) is 19.0 Å². The number of rotatable bonds is 4. The Morgan fingerprint density at radius 3 is 2.25 bits per heavy atom. The predicted molar refractivity (Wildman–Crippen MR) is 93.2 cm³/mol. The lowest BCUT2D eigenvalue weighted by atomic mass is 9.99. The van der Waals surface area contributed by atoms with Gasteiger partial charge < -0.3 is 10.5 Å². The predicted octanol–water partition coefficient (Wildman–Crippen LogP) is 5.42. The van der Waals surface area contributed by atoms with Gasteiger partial charge in [0.1, 0.15) is 5.75 Å². The highest BCUT2D eigenvalue weighted by molar-refractivity contribution is 9.11. The smallest absolute Gasteiger partial charge is 0.124 e. The summed E-state index contributed by atoms with van der Waals surface area (Å²) in [6, 6.07) is 11.7. The maximum atomic E-state index is 6.41. The molecule has 0 aliphatic rings. The average Bonchev–Trinajstić information content (AvgIpc) is 2.39. The van der Waals surface area contributed by atoms with E-state index in [1.807, 2.05) is 43.3 Å². The first-order chi connectivity index (χ1) is 9.51. The molecule has 0 aromatic heterocycles. The zero-order chi connectivity index (χ0) is 14.7. The van der Waals surface area contributed by atoms with Gasteiger partial charge in [-0.15, -0.1) is 0 Å². The van der Waals surface area contributed by atoms with Gasteiger partial charge in [-0.3, -0.25) is 0 Å². The average molecular weight is 464 g/mol. The monoisotopic (exact) mass is 461 g/mol. The van der Waals surface area contributed by atoms with E-state index in [1.54, 1.807) is 0 Å². The molecule has 1 unspecified atom stereocenters. The SMILES string of the molecule is CCOc1ccc(Br)cc1C(N)c1cc(Br)cc(Br)c1. The van der Waals surface area contributed by atoms with E-state index in [0.717, 1.165) is 30.3 Å². The van der Waals surface area contributed by atoms with Gasteiger partial charge >= 0.3 is 0 Å². The van der Waals surface area contributed by atoms with Gasteiger partial charge in [0.25, 0.3) is 0 Å².